The number of likely N-dealkylation sites (tertiary alicyclic amines) is 1. The predicted molar refractivity (Wildman–Crippen MR) is 95.7 cm³/mol. The summed E-state index contributed by atoms with van der Waals surface area (Å²) in [7, 11) is 0. The van der Waals surface area contributed by atoms with E-state index >= 15 is 0 Å². The Labute approximate surface area is 161 Å². The van der Waals surface area contributed by atoms with Gasteiger partial charge >= 0.3 is 6.18 Å². The lowest BCUT2D eigenvalue weighted by molar-refractivity contribution is -0.137. The number of nitrogens with one attached hydrogen (secondary N) is 1. The first-order chi connectivity index (χ1) is 12.9. The zero-order chi connectivity index (χ0) is 19.0. The van der Waals surface area contributed by atoms with E-state index in [0.29, 0.717) is 11.8 Å². The average molecular weight is 405 g/mol. The van der Waals surface area contributed by atoms with Crippen LogP contribution in [0.5, 0.6) is 0 Å². The van der Waals surface area contributed by atoms with E-state index in [2.05, 4.69) is 20.4 Å². The van der Waals surface area contributed by atoms with Crippen molar-refractivity contribution < 1.29 is 17.9 Å². The minimum atomic E-state index is -4.53. The Morgan fingerprint density at radius 3 is 2.44 bits per heavy atom. The summed E-state index contributed by atoms with van der Waals surface area (Å²) >= 11 is 5.54. The van der Waals surface area contributed by atoms with Gasteiger partial charge in [-0.25, -0.2) is 0 Å². The van der Waals surface area contributed by atoms with Crippen LogP contribution in [0.25, 0.3) is 0 Å². The second kappa shape index (κ2) is 7.72. The van der Waals surface area contributed by atoms with Crippen LogP contribution >= 0.6 is 11.6 Å². The molecule has 1 aromatic heterocycles. The van der Waals surface area contributed by atoms with Crippen LogP contribution < -0.4 is 5.32 Å². The van der Waals surface area contributed by atoms with Crippen LogP contribution in [-0.4, -0.2) is 54.0 Å². The van der Waals surface area contributed by atoms with Gasteiger partial charge in [0.15, 0.2) is 5.15 Å². The van der Waals surface area contributed by atoms with Crippen LogP contribution in [0.1, 0.15) is 31.2 Å². The van der Waals surface area contributed by atoms with Crippen LogP contribution in [0, 0.1) is 17.8 Å². The molecule has 2 unspecified atom stereocenters. The topological polar surface area (TPSA) is 50.3 Å². The predicted octanol–water partition coefficient (Wildman–Crippen LogP) is 3.70. The molecule has 0 aromatic carbocycles. The zero-order valence-electron chi connectivity index (χ0n) is 15.0. The highest BCUT2D eigenvalue weighted by molar-refractivity contribution is 6.30. The maximum absolute atomic E-state index is 13.0. The molecule has 2 atom stereocenters. The third-order valence-electron chi connectivity index (χ3n) is 6.09. The van der Waals surface area contributed by atoms with Gasteiger partial charge in [-0.2, -0.15) is 13.2 Å². The number of anilines is 1. The molecule has 3 fully saturated rings. The number of alkyl halides is 3. The molecular formula is C18H24ClF3N4O. The van der Waals surface area contributed by atoms with Gasteiger partial charge in [0.2, 0.25) is 0 Å². The number of hydrogen-bond donors (Lipinski definition) is 1. The van der Waals surface area contributed by atoms with Gasteiger partial charge in [0.25, 0.3) is 0 Å². The highest BCUT2D eigenvalue weighted by atomic mass is 35.5. The van der Waals surface area contributed by atoms with Gasteiger partial charge in [-0.05, 0) is 49.5 Å². The maximum Gasteiger partial charge on any atom is 0.419 e. The Balaban J connectivity index is 1.30. The van der Waals surface area contributed by atoms with Crippen LogP contribution in [-0.2, 0) is 10.9 Å². The molecule has 2 aliphatic heterocycles. The summed E-state index contributed by atoms with van der Waals surface area (Å²) in [6.45, 7) is 5.06. The molecule has 9 heteroatoms. The quantitative estimate of drug-likeness (QED) is 0.829. The van der Waals surface area contributed by atoms with E-state index in [1.165, 1.54) is 0 Å². The van der Waals surface area contributed by atoms with Crippen molar-refractivity contribution in [3.05, 3.63) is 16.8 Å². The summed E-state index contributed by atoms with van der Waals surface area (Å²) in [6, 6.07) is 1.10. The largest absolute Gasteiger partial charge is 0.419 e. The first-order valence-electron chi connectivity index (χ1n) is 9.55. The summed E-state index contributed by atoms with van der Waals surface area (Å²) in [6.07, 6.45) is -0.318. The molecule has 150 valence electrons. The van der Waals surface area contributed by atoms with Gasteiger partial charge in [-0.1, -0.05) is 11.6 Å². The molecule has 1 saturated carbocycles. The summed E-state index contributed by atoms with van der Waals surface area (Å²) in [5.41, 5.74) is -0.942. The van der Waals surface area contributed by atoms with Gasteiger partial charge in [-0.15, -0.1) is 10.2 Å². The molecule has 0 spiro atoms. The van der Waals surface area contributed by atoms with E-state index in [-0.39, 0.29) is 11.9 Å². The van der Waals surface area contributed by atoms with Crippen LogP contribution in [0.2, 0.25) is 5.15 Å². The molecular weight excluding hydrogens is 381 g/mol. The van der Waals surface area contributed by atoms with Crippen LogP contribution in [0.15, 0.2) is 6.07 Å². The molecule has 5 nitrogen and oxygen atoms in total. The second-order valence-corrected chi connectivity index (χ2v) is 8.40. The van der Waals surface area contributed by atoms with Crippen molar-refractivity contribution in [1.82, 2.24) is 15.1 Å². The van der Waals surface area contributed by atoms with Crippen molar-refractivity contribution in [2.45, 2.75) is 37.9 Å². The molecule has 27 heavy (non-hydrogen) atoms. The standard InChI is InChI=1S/C18H24ClF3N4O/c19-17-15(18(20,21)22)7-16(24-25-17)23-14-5-12-9-26(10-13(12)6-14)8-11-1-3-27-4-2-11/h7,11-14H,1-6,8-10H2,(H,23,24). The monoisotopic (exact) mass is 404 g/mol. The maximum atomic E-state index is 13.0. The highest BCUT2D eigenvalue weighted by Gasteiger charge is 2.41. The van der Waals surface area contributed by atoms with Crippen LogP contribution in [0.4, 0.5) is 19.0 Å². The summed E-state index contributed by atoms with van der Waals surface area (Å²) in [5, 5.41) is 9.77. The van der Waals surface area contributed by atoms with Crippen molar-refractivity contribution in [3.63, 3.8) is 0 Å². The first kappa shape index (κ1) is 19.2. The third-order valence-corrected chi connectivity index (χ3v) is 6.37. The van der Waals surface area contributed by atoms with E-state index < -0.39 is 16.9 Å². The Kier molecular flexibility index (Phi) is 5.49. The smallest absolute Gasteiger partial charge is 0.381 e. The van der Waals surface area contributed by atoms with Gasteiger partial charge < -0.3 is 15.0 Å². The molecule has 3 aliphatic rings. The summed E-state index contributed by atoms with van der Waals surface area (Å²) in [5.74, 6) is 2.08. The number of fused-ring (bicyclic) bond motifs is 1. The fourth-order valence-corrected chi connectivity index (χ4v) is 5.01. The van der Waals surface area contributed by atoms with E-state index in [1.54, 1.807) is 0 Å². The normalized spacial score (nSPS) is 29.9. The Bertz CT molecular complexity index is 654. The molecule has 4 rings (SSSR count). The van der Waals surface area contributed by atoms with Gasteiger partial charge in [-0.3, -0.25) is 0 Å². The van der Waals surface area contributed by atoms with Gasteiger partial charge in [0, 0.05) is 38.9 Å². The van der Waals surface area contributed by atoms with Gasteiger partial charge in [0.1, 0.15) is 5.82 Å². The Morgan fingerprint density at radius 2 is 1.81 bits per heavy atom. The lowest BCUT2D eigenvalue weighted by atomic mass is 10.00. The minimum absolute atomic E-state index is 0.141. The van der Waals surface area contributed by atoms with E-state index in [9.17, 15) is 13.2 Å². The number of aromatic nitrogens is 2. The molecule has 0 radical (unpaired) electrons. The molecule has 3 heterocycles. The summed E-state index contributed by atoms with van der Waals surface area (Å²) in [4.78, 5) is 2.56. The van der Waals surface area contributed by atoms with E-state index in [4.69, 9.17) is 16.3 Å². The Hall–Kier alpha value is -1.12. The zero-order valence-corrected chi connectivity index (χ0v) is 15.8. The number of ether oxygens (including phenoxy) is 1. The Morgan fingerprint density at radius 1 is 1.15 bits per heavy atom. The minimum Gasteiger partial charge on any atom is -0.381 e. The van der Waals surface area contributed by atoms with Crippen LogP contribution in [0.3, 0.4) is 0 Å². The lowest BCUT2D eigenvalue weighted by Crippen LogP contribution is -2.32. The summed E-state index contributed by atoms with van der Waals surface area (Å²) < 4.78 is 44.3. The fraction of sp³-hybridized carbons (Fsp3) is 0.778. The van der Waals surface area contributed by atoms with E-state index in [1.807, 2.05) is 0 Å². The lowest BCUT2D eigenvalue weighted by Gasteiger charge is -2.27. The molecule has 0 bridgehead atoms. The SMILES string of the molecule is FC(F)(F)c1cc(NC2CC3CN(CC4CCOCC4)CC3C2)nnc1Cl. The fourth-order valence-electron chi connectivity index (χ4n) is 4.81. The van der Waals surface area contributed by atoms with Crippen molar-refractivity contribution in [1.29, 1.82) is 0 Å². The van der Waals surface area contributed by atoms with Gasteiger partial charge in [0.05, 0.1) is 5.56 Å². The van der Waals surface area contributed by atoms with E-state index in [0.717, 1.165) is 70.5 Å². The average Bonchev–Trinajstić information content (AvgIpc) is 3.14. The van der Waals surface area contributed by atoms with Crippen molar-refractivity contribution in [3.8, 4) is 0 Å². The van der Waals surface area contributed by atoms with Crippen molar-refractivity contribution >= 4 is 17.4 Å². The number of hydrogen-bond acceptors (Lipinski definition) is 5. The van der Waals surface area contributed by atoms with Crippen molar-refractivity contribution in [2.75, 3.05) is 38.2 Å². The number of halogens is 4. The molecule has 2 saturated heterocycles. The second-order valence-electron chi connectivity index (χ2n) is 8.04. The molecule has 1 N–H and O–H groups in total. The first-order valence-corrected chi connectivity index (χ1v) is 9.93. The number of rotatable bonds is 4. The highest BCUT2D eigenvalue weighted by Crippen LogP contribution is 2.40. The molecule has 0 amide bonds. The molecule has 1 aromatic rings. The number of nitrogens with zero attached hydrogens (tertiary/aromatic N) is 3. The third kappa shape index (κ3) is 4.49. The van der Waals surface area contributed by atoms with Crippen molar-refractivity contribution in [2.24, 2.45) is 17.8 Å². The molecule has 1 aliphatic carbocycles.